The van der Waals surface area contributed by atoms with Crippen LogP contribution in [0.5, 0.6) is 0 Å². The van der Waals surface area contributed by atoms with Gasteiger partial charge in [0.15, 0.2) is 6.61 Å². The number of ether oxygens (including phenoxy) is 1. The molecule has 0 aliphatic rings. The largest absolute Gasteiger partial charge is 0.452 e. The molecule has 1 amide bonds. The normalized spacial score (nSPS) is 9.88. The predicted octanol–water partition coefficient (Wildman–Crippen LogP) is 1.70. The van der Waals surface area contributed by atoms with Crippen LogP contribution >= 0.6 is 23.4 Å². The van der Waals surface area contributed by atoms with Gasteiger partial charge in [-0.15, -0.1) is 11.8 Å². The summed E-state index contributed by atoms with van der Waals surface area (Å²) in [4.78, 5) is 22.9. The molecule has 2 N–H and O–H groups in total. The van der Waals surface area contributed by atoms with Crippen molar-refractivity contribution in [2.24, 2.45) is 5.73 Å². The monoisotopic (exact) mass is 259 g/mol. The van der Waals surface area contributed by atoms with E-state index in [9.17, 15) is 9.59 Å². The minimum absolute atomic E-state index is 0.231. The zero-order chi connectivity index (χ0) is 12.1. The average Bonchev–Trinajstić information content (AvgIpc) is 2.26. The molecule has 0 aromatic heterocycles. The van der Waals surface area contributed by atoms with Gasteiger partial charge in [0.05, 0.1) is 10.6 Å². The van der Waals surface area contributed by atoms with Gasteiger partial charge in [-0.1, -0.05) is 11.6 Å². The third kappa shape index (κ3) is 3.43. The number of hydrogen-bond donors (Lipinski definition) is 1. The maximum atomic E-state index is 11.5. The van der Waals surface area contributed by atoms with Crippen molar-refractivity contribution in [3.8, 4) is 0 Å². The number of thioether (sulfide) groups is 1. The highest BCUT2D eigenvalue weighted by Gasteiger charge is 2.13. The summed E-state index contributed by atoms with van der Waals surface area (Å²) >= 11 is 7.31. The van der Waals surface area contributed by atoms with Gasteiger partial charge in [-0.05, 0) is 24.5 Å². The molecule has 0 spiro atoms. The zero-order valence-electron chi connectivity index (χ0n) is 8.53. The van der Waals surface area contributed by atoms with E-state index in [1.54, 1.807) is 18.2 Å². The molecule has 0 radical (unpaired) electrons. The minimum atomic E-state index is -0.703. The summed E-state index contributed by atoms with van der Waals surface area (Å²) in [7, 11) is 0. The quantitative estimate of drug-likeness (QED) is 0.660. The zero-order valence-corrected chi connectivity index (χ0v) is 10.1. The smallest absolute Gasteiger partial charge is 0.340 e. The second kappa shape index (κ2) is 5.77. The van der Waals surface area contributed by atoms with Gasteiger partial charge in [-0.3, -0.25) is 4.79 Å². The molecule has 0 bridgehead atoms. The van der Waals surface area contributed by atoms with Crippen LogP contribution < -0.4 is 5.73 Å². The van der Waals surface area contributed by atoms with Crippen LogP contribution in [0.1, 0.15) is 10.4 Å². The van der Waals surface area contributed by atoms with Crippen molar-refractivity contribution < 1.29 is 14.3 Å². The number of esters is 1. The van der Waals surface area contributed by atoms with Crippen LogP contribution in [-0.2, 0) is 9.53 Å². The Morgan fingerprint density at radius 2 is 2.19 bits per heavy atom. The fourth-order valence-electron chi connectivity index (χ4n) is 1.00. The second-order valence-electron chi connectivity index (χ2n) is 2.89. The maximum absolute atomic E-state index is 11.5. The molecule has 0 heterocycles. The van der Waals surface area contributed by atoms with Crippen molar-refractivity contribution >= 4 is 35.2 Å². The molecule has 0 unspecified atom stereocenters. The number of rotatable bonds is 4. The van der Waals surface area contributed by atoms with Crippen molar-refractivity contribution in [3.63, 3.8) is 0 Å². The molecule has 6 heteroatoms. The van der Waals surface area contributed by atoms with E-state index in [4.69, 9.17) is 17.3 Å². The average molecular weight is 260 g/mol. The van der Waals surface area contributed by atoms with Crippen molar-refractivity contribution in [3.05, 3.63) is 28.8 Å². The first kappa shape index (κ1) is 12.9. The van der Waals surface area contributed by atoms with Crippen molar-refractivity contribution in [1.82, 2.24) is 0 Å². The maximum Gasteiger partial charge on any atom is 0.340 e. The Morgan fingerprint density at radius 1 is 1.50 bits per heavy atom. The van der Waals surface area contributed by atoms with Crippen molar-refractivity contribution in [2.75, 3.05) is 12.9 Å². The second-order valence-corrected chi connectivity index (χ2v) is 4.18. The van der Waals surface area contributed by atoms with Crippen LogP contribution in [-0.4, -0.2) is 24.7 Å². The molecule has 0 aliphatic heterocycles. The van der Waals surface area contributed by atoms with E-state index < -0.39 is 18.5 Å². The molecular formula is C10H10ClNO3S. The number of halogens is 1. The molecule has 0 saturated carbocycles. The molecule has 0 atom stereocenters. The van der Waals surface area contributed by atoms with Crippen molar-refractivity contribution in [2.45, 2.75) is 4.90 Å². The first-order valence-electron chi connectivity index (χ1n) is 4.33. The highest BCUT2D eigenvalue weighted by molar-refractivity contribution is 7.98. The summed E-state index contributed by atoms with van der Waals surface area (Å²) in [6.45, 7) is -0.446. The number of benzene rings is 1. The number of nitrogens with two attached hydrogens (primary N) is 1. The Labute approximate surface area is 102 Å². The summed E-state index contributed by atoms with van der Waals surface area (Å²) in [5, 5.41) is 0.285. The first-order valence-corrected chi connectivity index (χ1v) is 5.94. The Morgan fingerprint density at radius 3 is 2.75 bits per heavy atom. The highest BCUT2D eigenvalue weighted by Crippen LogP contribution is 2.23. The van der Waals surface area contributed by atoms with Crippen LogP contribution in [0, 0.1) is 0 Å². The molecule has 86 valence electrons. The van der Waals surface area contributed by atoms with Crippen LogP contribution in [0.3, 0.4) is 0 Å². The molecule has 0 aliphatic carbocycles. The van der Waals surface area contributed by atoms with E-state index in [0.717, 1.165) is 4.90 Å². The number of amides is 1. The summed E-state index contributed by atoms with van der Waals surface area (Å²) in [5.74, 6) is -1.36. The van der Waals surface area contributed by atoms with E-state index >= 15 is 0 Å². The van der Waals surface area contributed by atoms with Gasteiger partial charge in [0.1, 0.15) is 0 Å². The summed E-state index contributed by atoms with van der Waals surface area (Å²) in [6, 6.07) is 5.00. The Hall–Kier alpha value is -1.20. The SMILES string of the molecule is CSc1ccc(Cl)c(C(=O)OCC(N)=O)c1. The molecule has 4 nitrogen and oxygen atoms in total. The van der Waals surface area contributed by atoms with E-state index in [1.807, 2.05) is 6.26 Å². The van der Waals surface area contributed by atoms with Gasteiger partial charge in [0.25, 0.3) is 5.91 Å². The molecule has 16 heavy (non-hydrogen) atoms. The third-order valence-corrected chi connectivity index (χ3v) is 2.79. The molecular weight excluding hydrogens is 250 g/mol. The van der Waals surface area contributed by atoms with Crippen LogP contribution in [0.15, 0.2) is 23.1 Å². The van der Waals surface area contributed by atoms with Crippen molar-refractivity contribution in [1.29, 1.82) is 0 Å². The molecule has 1 rings (SSSR count). The van der Waals surface area contributed by atoms with E-state index in [2.05, 4.69) is 4.74 Å². The van der Waals surface area contributed by atoms with E-state index in [1.165, 1.54) is 11.8 Å². The van der Waals surface area contributed by atoms with Gasteiger partial charge in [-0.25, -0.2) is 4.79 Å². The topological polar surface area (TPSA) is 69.4 Å². The third-order valence-electron chi connectivity index (χ3n) is 1.74. The van der Waals surface area contributed by atoms with Gasteiger partial charge in [0, 0.05) is 4.90 Å². The highest BCUT2D eigenvalue weighted by atomic mass is 35.5. The number of carbonyl (C=O) groups is 2. The summed E-state index contributed by atoms with van der Waals surface area (Å²) in [5.41, 5.74) is 5.09. The Balaban J connectivity index is 2.85. The molecule has 1 aromatic rings. The summed E-state index contributed by atoms with van der Waals surface area (Å²) in [6.07, 6.45) is 1.88. The number of hydrogen-bond acceptors (Lipinski definition) is 4. The number of carbonyl (C=O) groups excluding carboxylic acids is 2. The Kier molecular flexibility index (Phi) is 4.64. The van der Waals surface area contributed by atoms with Gasteiger partial charge < -0.3 is 10.5 Å². The fourth-order valence-corrected chi connectivity index (χ4v) is 1.64. The summed E-state index contributed by atoms with van der Waals surface area (Å²) < 4.78 is 4.66. The van der Waals surface area contributed by atoms with Gasteiger partial charge in [0.2, 0.25) is 0 Å². The Bertz CT molecular complexity index is 423. The lowest BCUT2D eigenvalue weighted by Crippen LogP contribution is -2.21. The van der Waals surface area contributed by atoms with Crippen LogP contribution in [0.4, 0.5) is 0 Å². The van der Waals surface area contributed by atoms with E-state index in [-0.39, 0.29) is 10.6 Å². The fraction of sp³-hybridized carbons (Fsp3) is 0.200. The standard InChI is InChI=1S/C10H10ClNO3S/c1-16-6-2-3-8(11)7(4-6)10(14)15-5-9(12)13/h2-4H,5H2,1H3,(H2,12,13). The van der Waals surface area contributed by atoms with Crippen LogP contribution in [0.2, 0.25) is 5.02 Å². The molecule has 0 fully saturated rings. The first-order chi connectivity index (χ1) is 7.54. The lowest BCUT2D eigenvalue weighted by molar-refractivity contribution is -0.121. The predicted molar refractivity (Wildman–Crippen MR) is 62.7 cm³/mol. The molecule has 0 saturated heterocycles. The lowest BCUT2D eigenvalue weighted by Gasteiger charge is -2.05. The van der Waals surface area contributed by atoms with Gasteiger partial charge in [-0.2, -0.15) is 0 Å². The van der Waals surface area contributed by atoms with Crippen LogP contribution in [0.25, 0.3) is 0 Å². The van der Waals surface area contributed by atoms with Gasteiger partial charge >= 0.3 is 5.97 Å². The molecule has 1 aromatic carbocycles. The minimum Gasteiger partial charge on any atom is -0.452 e. The lowest BCUT2D eigenvalue weighted by atomic mass is 10.2. The number of primary amides is 1. The van der Waals surface area contributed by atoms with E-state index in [0.29, 0.717) is 0 Å².